The van der Waals surface area contributed by atoms with Gasteiger partial charge in [-0.05, 0) is 30.7 Å². The van der Waals surface area contributed by atoms with Crippen molar-refractivity contribution < 1.29 is 4.42 Å². The van der Waals surface area contributed by atoms with E-state index in [0.29, 0.717) is 11.1 Å². The molecular formula is C15H12ClN3OS. The van der Waals surface area contributed by atoms with Crippen molar-refractivity contribution >= 4 is 23.4 Å². The monoisotopic (exact) mass is 317 g/mol. The minimum Gasteiger partial charge on any atom is -0.411 e. The largest absolute Gasteiger partial charge is 0.411 e. The van der Waals surface area contributed by atoms with Crippen molar-refractivity contribution in [3.05, 3.63) is 59.4 Å². The van der Waals surface area contributed by atoms with Gasteiger partial charge in [-0.1, -0.05) is 41.6 Å². The van der Waals surface area contributed by atoms with Crippen LogP contribution >= 0.6 is 23.4 Å². The Balaban J connectivity index is 1.77. The maximum atomic E-state index is 6.20. The maximum absolute atomic E-state index is 6.20. The average molecular weight is 318 g/mol. The SMILES string of the molecule is CC(Sc1nnc(-c2ccncc2)o1)c1ccccc1Cl. The van der Waals surface area contributed by atoms with E-state index in [1.54, 1.807) is 12.4 Å². The van der Waals surface area contributed by atoms with E-state index in [1.165, 1.54) is 11.8 Å². The predicted molar refractivity (Wildman–Crippen MR) is 83.3 cm³/mol. The summed E-state index contributed by atoms with van der Waals surface area (Å²) in [7, 11) is 0. The molecule has 6 heteroatoms. The van der Waals surface area contributed by atoms with Crippen LogP contribution in [0.2, 0.25) is 5.02 Å². The van der Waals surface area contributed by atoms with E-state index >= 15 is 0 Å². The number of nitrogens with zero attached hydrogens (tertiary/aromatic N) is 3. The third kappa shape index (κ3) is 3.25. The Morgan fingerprint density at radius 1 is 1.10 bits per heavy atom. The van der Waals surface area contributed by atoms with Gasteiger partial charge in [0.2, 0.25) is 5.89 Å². The van der Waals surface area contributed by atoms with Gasteiger partial charge in [0.05, 0.1) is 0 Å². The van der Waals surface area contributed by atoms with Crippen LogP contribution in [-0.2, 0) is 0 Å². The van der Waals surface area contributed by atoms with Gasteiger partial charge in [0.15, 0.2) is 0 Å². The first-order chi connectivity index (χ1) is 10.2. The van der Waals surface area contributed by atoms with Gasteiger partial charge >= 0.3 is 0 Å². The molecule has 0 saturated carbocycles. The lowest BCUT2D eigenvalue weighted by molar-refractivity contribution is 0.465. The first-order valence-corrected chi connectivity index (χ1v) is 7.65. The second kappa shape index (κ2) is 6.28. The summed E-state index contributed by atoms with van der Waals surface area (Å²) in [5.74, 6) is 0.492. The smallest absolute Gasteiger partial charge is 0.277 e. The van der Waals surface area contributed by atoms with Gasteiger partial charge in [0.25, 0.3) is 5.22 Å². The highest BCUT2D eigenvalue weighted by Gasteiger charge is 2.15. The van der Waals surface area contributed by atoms with Crippen LogP contribution in [0.1, 0.15) is 17.7 Å². The number of halogens is 1. The van der Waals surface area contributed by atoms with Crippen molar-refractivity contribution in [3.63, 3.8) is 0 Å². The summed E-state index contributed by atoms with van der Waals surface area (Å²) in [5, 5.41) is 9.52. The molecule has 0 aliphatic rings. The molecule has 21 heavy (non-hydrogen) atoms. The zero-order chi connectivity index (χ0) is 14.7. The van der Waals surface area contributed by atoms with Crippen molar-refractivity contribution in [3.8, 4) is 11.5 Å². The second-order valence-corrected chi connectivity index (χ2v) is 6.09. The summed E-state index contributed by atoms with van der Waals surface area (Å²) in [5.41, 5.74) is 1.91. The molecule has 1 atom stereocenters. The molecule has 0 spiro atoms. The summed E-state index contributed by atoms with van der Waals surface area (Å²) >= 11 is 7.69. The number of rotatable bonds is 4. The van der Waals surface area contributed by atoms with Gasteiger partial charge in [-0.25, -0.2) is 0 Å². The van der Waals surface area contributed by atoms with Gasteiger partial charge in [-0.15, -0.1) is 10.2 Å². The minimum absolute atomic E-state index is 0.129. The highest BCUT2D eigenvalue weighted by Crippen LogP contribution is 2.37. The highest BCUT2D eigenvalue weighted by atomic mass is 35.5. The molecule has 4 nitrogen and oxygen atoms in total. The van der Waals surface area contributed by atoms with Crippen molar-refractivity contribution in [2.45, 2.75) is 17.4 Å². The van der Waals surface area contributed by atoms with E-state index in [0.717, 1.165) is 16.1 Å². The van der Waals surface area contributed by atoms with Crippen molar-refractivity contribution in [2.75, 3.05) is 0 Å². The Bertz CT molecular complexity index is 733. The average Bonchev–Trinajstić information content (AvgIpc) is 2.97. The molecule has 0 aliphatic carbocycles. The molecule has 0 bridgehead atoms. The molecule has 1 aromatic carbocycles. The summed E-state index contributed by atoms with van der Waals surface area (Å²) in [4.78, 5) is 3.97. The maximum Gasteiger partial charge on any atom is 0.277 e. The lowest BCUT2D eigenvalue weighted by Gasteiger charge is -2.10. The lowest BCUT2D eigenvalue weighted by atomic mass is 10.2. The van der Waals surface area contributed by atoms with E-state index in [1.807, 2.05) is 36.4 Å². The Labute approximate surface area is 131 Å². The molecule has 0 aliphatic heterocycles. The molecule has 3 aromatic rings. The quantitative estimate of drug-likeness (QED) is 0.656. The molecule has 0 saturated heterocycles. The van der Waals surface area contributed by atoms with Gasteiger partial charge in [-0.2, -0.15) is 0 Å². The van der Waals surface area contributed by atoms with Gasteiger partial charge in [-0.3, -0.25) is 4.98 Å². The van der Waals surface area contributed by atoms with Gasteiger partial charge < -0.3 is 4.42 Å². The fraction of sp³-hybridized carbons (Fsp3) is 0.133. The number of aromatic nitrogens is 3. The van der Waals surface area contributed by atoms with Crippen molar-refractivity contribution in [2.24, 2.45) is 0 Å². The first-order valence-electron chi connectivity index (χ1n) is 6.39. The minimum atomic E-state index is 0.129. The molecule has 106 valence electrons. The van der Waals surface area contributed by atoms with Gasteiger partial charge in [0, 0.05) is 28.2 Å². The van der Waals surface area contributed by atoms with Crippen LogP contribution in [0.3, 0.4) is 0 Å². The van der Waals surface area contributed by atoms with E-state index in [-0.39, 0.29) is 5.25 Å². The van der Waals surface area contributed by atoms with E-state index in [9.17, 15) is 0 Å². The number of hydrogen-bond acceptors (Lipinski definition) is 5. The zero-order valence-electron chi connectivity index (χ0n) is 11.2. The molecular weight excluding hydrogens is 306 g/mol. The Kier molecular flexibility index (Phi) is 4.22. The fourth-order valence-electron chi connectivity index (χ4n) is 1.89. The van der Waals surface area contributed by atoms with Crippen LogP contribution in [0.15, 0.2) is 58.4 Å². The summed E-state index contributed by atoms with van der Waals surface area (Å²) in [6.45, 7) is 2.06. The van der Waals surface area contributed by atoms with Crippen molar-refractivity contribution in [1.82, 2.24) is 15.2 Å². The zero-order valence-corrected chi connectivity index (χ0v) is 12.8. The third-order valence-corrected chi connectivity index (χ3v) is 4.27. The number of benzene rings is 1. The summed E-state index contributed by atoms with van der Waals surface area (Å²) in [6.07, 6.45) is 3.39. The van der Waals surface area contributed by atoms with Gasteiger partial charge in [0.1, 0.15) is 0 Å². The topological polar surface area (TPSA) is 51.8 Å². The third-order valence-electron chi connectivity index (χ3n) is 2.95. The van der Waals surface area contributed by atoms with Crippen LogP contribution < -0.4 is 0 Å². The molecule has 0 fully saturated rings. The van der Waals surface area contributed by atoms with E-state index < -0.39 is 0 Å². The summed E-state index contributed by atoms with van der Waals surface area (Å²) < 4.78 is 5.67. The van der Waals surface area contributed by atoms with Crippen LogP contribution in [0, 0.1) is 0 Å². The molecule has 0 amide bonds. The van der Waals surface area contributed by atoms with Crippen molar-refractivity contribution in [1.29, 1.82) is 0 Å². The Morgan fingerprint density at radius 3 is 2.62 bits per heavy atom. The van der Waals surface area contributed by atoms with Crippen LogP contribution in [0.5, 0.6) is 0 Å². The number of hydrogen-bond donors (Lipinski definition) is 0. The van der Waals surface area contributed by atoms with Crippen LogP contribution in [0.25, 0.3) is 11.5 Å². The molecule has 3 rings (SSSR count). The second-order valence-electron chi connectivity index (χ2n) is 4.39. The number of pyridine rings is 1. The number of thioether (sulfide) groups is 1. The fourth-order valence-corrected chi connectivity index (χ4v) is 3.10. The Morgan fingerprint density at radius 2 is 1.86 bits per heavy atom. The summed E-state index contributed by atoms with van der Waals surface area (Å²) in [6, 6.07) is 11.4. The molecule has 0 N–H and O–H groups in total. The van der Waals surface area contributed by atoms with E-state index in [2.05, 4.69) is 22.1 Å². The molecule has 0 radical (unpaired) electrons. The normalized spacial score (nSPS) is 12.3. The Hall–Kier alpha value is -1.85. The predicted octanol–water partition coefficient (Wildman–Crippen LogP) is 4.64. The lowest BCUT2D eigenvalue weighted by Crippen LogP contribution is -1.89. The molecule has 2 aromatic heterocycles. The van der Waals surface area contributed by atoms with Crippen LogP contribution in [-0.4, -0.2) is 15.2 Å². The first kappa shape index (κ1) is 14.1. The molecule has 1 unspecified atom stereocenters. The van der Waals surface area contributed by atoms with E-state index in [4.69, 9.17) is 16.0 Å². The molecule has 2 heterocycles. The standard InChI is InChI=1S/C15H12ClN3OS/c1-10(12-4-2-3-5-13(12)16)21-15-19-18-14(20-15)11-6-8-17-9-7-11/h2-10H,1H3. The highest BCUT2D eigenvalue weighted by molar-refractivity contribution is 7.99. The van der Waals surface area contributed by atoms with Crippen LogP contribution in [0.4, 0.5) is 0 Å².